The Labute approximate surface area is 138 Å². The van der Waals surface area contributed by atoms with E-state index in [1.54, 1.807) is 6.07 Å². The van der Waals surface area contributed by atoms with E-state index in [1.807, 2.05) is 6.92 Å². The molecule has 0 spiro atoms. The van der Waals surface area contributed by atoms with Crippen molar-refractivity contribution in [1.29, 1.82) is 0 Å². The number of nitrogens with zero attached hydrogens (tertiary/aromatic N) is 1. The van der Waals surface area contributed by atoms with Crippen LogP contribution in [0.3, 0.4) is 0 Å². The van der Waals surface area contributed by atoms with E-state index in [4.69, 9.17) is 17.0 Å². The SMILES string of the molecule is CCCOC(=O)CCC(=O)NC(=S)Nc1ccccc1[N+](=O)[O-]. The van der Waals surface area contributed by atoms with E-state index in [2.05, 4.69) is 10.6 Å². The highest BCUT2D eigenvalue weighted by molar-refractivity contribution is 7.80. The van der Waals surface area contributed by atoms with Crippen LogP contribution < -0.4 is 10.6 Å². The molecule has 0 saturated heterocycles. The molecule has 0 aromatic heterocycles. The van der Waals surface area contributed by atoms with Crippen molar-refractivity contribution < 1.29 is 19.2 Å². The smallest absolute Gasteiger partial charge is 0.306 e. The quantitative estimate of drug-likeness (QED) is 0.339. The number of nitro groups is 1. The lowest BCUT2D eigenvalue weighted by Crippen LogP contribution is -2.34. The van der Waals surface area contributed by atoms with Gasteiger partial charge >= 0.3 is 5.97 Å². The zero-order valence-corrected chi connectivity index (χ0v) is 13.4. The van der Waals surface area contributed by atoms with Crippen molar-refractivity contribution in [3.8, 4) is 0 Å². The topological polar surface area (TPSA) is 111 Å². The third-order valence-electron chi connectivity index (χ3n) is 2.63. The zero-order valence-electron chi connectivity index (χ0n) is 12.5. The molecule has 0 heterocycles. The molecule has 0 fully saturated rings. The van der Waals surface area contributed by atoms with Gasteiger partial charge in [-0.1, -0.05) is 19.1 Å². The minimum absolute atomic E-state index is 0.0556. The number of nitrogens with one attached hydrogen (secondary N) is 2. The number of rotatable bonds is 7. The van der Waals surface area contributed by atoms with Crippen LogP contribution in [0.15, 0.2) is 24.3 Å². The monoisotopic (exact) mass is 339 g/mol. The van der Waals surface area contributed by atoms with Crippen LogP contribution >= 0.6 is 12.2 Å². The van der Waals surface area contributed by atoms with Crippen LogP contribution in [0.1, 0.15) is 26.2 Å². The maximum atomic E-state index is 11.7. The Kier molecular flexibility index (Phi) is 7.61. The van der Waals surface area contributed by atoms with Gasteiger partial charge in [-0.15, -0.1) is 0 Å². The molecule has 0 saturated carbocycles. The second-order valence-corrected chi connectivity index (χ2v) is 4.91. The molecule has 0 aliphatic heterocycles. The van der Waals surface area contributed by atoms with E-state index in [1.165, 1.54) is 18.2 Å². The molecule has 0 atom stereocenters. The Hall–Kier alpha value is -2.55. The Morgan fingerprint density at radius 2 is 2.00 bits per heavy atom. The number of anilines is 1. The number of hydrogen-bond acceptors (Lipinski definition) is 6. The first-order valence-corrected chi connectivity index (χ1v) is 7.34. The Morgan fingerprint density at radius 1 is 1.30 bits per heavy atom. The van der Waals surface area contributed by atoms with Crippen LogP contribution in [-0.2, 0) is 14.3 Å². The van der Waals surface area contributed by atoms with E-state index in [0.717, 1.165) is 0 Å². The minimum Gasteiger partial charge on any atom is -0.466 e. The van der Waals surface area contributed by atoms with Crippen LogP contribution in [0, 0.1) is 10.1 Å². The number of carbonyl (C=O) groups is 2. The summed E-state index contributed by atoms with van der Waals surface area (Å²) >= 11 is 4.93. The van der Waals surface area contributed by atoms with E-state index in [0.29, 0.717) is 13.0 Å². The molecule has 0 aliphatic rings. The Balaban J connectivity index is 2.46. The Bertz CT molecular complexity index is 606. The van der Waals surface area contributed by atoms with Gasteiger partial charge in [-0.05, 0) is 24.7 Å². The summed E-state index contributed by atoms with van der Waals surface area (Å²) in [6.45, 7) is 2.19. The van der Waals surface area contributed by atoms with Gasteiger partial charge < -0.3 is 15.4 Å². The highest BCUT2D eigenvalue weighted by Gasteiger charge is 2.14. The van der Waals surface area contributed by atoms with Gasteiger partial charge in [0.25, 0.3) is 5.69 Å². The van der Waals surface area contributed by atoms with Gasteiger partial charge in [0, 0.05) is 12.5 Å². The lowest BCUT2D eigenvalue weighted by Gasteiger charge is -2.09. The van der Waals surface area contributed by atoms with Gasteiger partial charge in [-0.3, -0.25) is 19.7 Å². The van der Waals surface area contributed by atoms with Crippen molar-refractivity contribution in [2.45, 2.75) is 26.2 Å². The van der Waals surface area contributed by atoms with Crippen molar-refractivity contribution >= 4 is 40.6 Å². The average Bonchev–Trinajstić information content (AvgIpc) is 2.51. The summed E-state index contributed by atoms with van der Waals surface area (Å²) in [5, 5.41) is 15.7. The standard InChI is InChI=1S/C14H17N3O5S/c1-2-9-22-13(19)8-7-12(18)16-14(23)15-10-5-3-4-6-11(10)17(20)21/h3-6H,2,7-9H2,1H3,(H2,15,16,18,23). The molecule has 124 valence electrons. The molecule has 1 aromatic carbocycles. The third kappa shape index (κ3) is 6.83. The first-order chi connectivity index (χ1) is 10.9. The second kappa shape index (κ2) is 9.46. The first-order valence-electron chi connectivity index (χ1n) is 6.94. The van der Waals surface area contributed by atoms with Crippen molar-refractivity contribution in [3.05, 3.63) is 34.4 Å². The Morgan fingerprint density at radius 3 is 2.65 bits per heavy atom. The maximum absolute atomic E-state index is 11.7. The number of benzene rings is 1. The van der Waals surface area contributed by atoms with Gasteiger partial charge in [0.05, 0.1) is 18.0 Å². The number of carbonyl (C=O) groups excluding carboxylic acids is 2. The summed E-state index contributed by atoms with van der Waals surface area (Å²) in [5.74, 6) is -0.936. The number of esters is 1. The molecular formula is C14H17N3O5S. The maximum Gasteiger partial charge on any atom is 0.306 e. The highest BCUT2D eigenvalue weighted by Crippen LogP contribution is 2.22. The summed E-state index contributed by atoms with van der Waals surface area (Å²) in [6.07, 6.45) is 0.572. The fourth-order valence-corrected chi connectivity index (χ4v) is 1.81. The van der Waals surface area contributed by atoms with Gasteiger partial charge in [0.15, 0.2) is 5.11 Å². The zero-order chi connectivity index (χ0) is 17.2. The van der Waals surface area contributed by atoms with Crippen LogP contribution in [0.2, 0.25) is 0 Å². The molecular weight excluding hydrogens is 322 g/mol. The molecule has 23 heavy (non-hydrogen) atoms. The van der Waals surface area contributed by atoms with Crippen molar-refractivity contribution in [1.82, 2.24) is 5.32 Å². The molecule has 9 heteroatoms. The molecule has 1 rings (SSSR count). The van der Waals surface area contributed by atoms with Crippen LogP contribution in [0.4, 0.5) is 11.4 Å². The molecule has 8 nitrogen and oxygen atoms in total. The summed E-state index contributed by atoms with van der Waals surface area (Å²) in [6, 6.07) is 5.91. The predicted octanol–water partition coefficient (Wildman–Crippen LogP) is 2.14. The second-order valence-electron chi connectivity index (χ2n) is 4.50. The first kappa shape index (κ1) is 18.5. The van der Waals surface area contributed by atoms with Gasteiger partial charge in [0.2, 0.25) is 5.91 Å². The minimum atomic E-state index is -0.559. The molecule has 1 aromatic rings. The lowest BCUT2D eigenvalue weighted by atomic mass is 10.2. The van der Waals surface area contributed by atoms with Gasteiger partial charge in [-0.2, -0.15) is 0 Å². The van der Waals surface area contributed by atoms with Crippen LogP contribution in [-0.4, -0.2) is 28.5 Å². The highest BCUT2D eigenvalue weighted by atomic mass is 32.1. The van der Waals surface area contributed by atoms with Crippen LogP contribution in [0.5, 0.6) is 0 Å². The van der Waals surface area contributed by atoms with Crippen molar-refractivity contribution in [3.63, 3.8) is 0 Å². The van der Waals surface area contributed by atoms with E-state index < -0.39 is 16.8 Å². The number of amides is 1. The predicted molar refractivity (Wildman–Crippen MR) is 87.9 cm³/mol. The summed E-state index contributed by atoms with van der Waals surface area (Å²) in [5.41, 5.74) is 0.0115. The third-order valence-corrected chi connectivity index (χ3v) is 2.83. The van der Waals surface area contributed by atoms with E-state index >= 15 is 0 Å². The molecule has 0 unspecified atom stereocenters. The fraction of sp³-hybridized carbons (Fsp3) is 0.357. The normalized spacial score (nSPS) is 9.78. The number of thiocarbonyl (C=S) groups is 1. The molecule has 0 aliphatic carbocycles. The molecule has 2 N–H and O–H groups in total. The average molecular weight is 339 g/mol. The molecule has 0 radical (unpaired) electrons. The summed E-state index contributed by atoms with van der Waals surface area (Å²) in [4.78, 5) is 33.3. The summed E-state index contributed by atoms with van der Waals surface area (Å²) in [7, 11) is 0. The lowest BCUT2D eigenvalue weighted by molar-refractivity contribution is -0.383. The number of nitro benzene ring substituents is 1. The number of ether oxygens (including phenoxy) is 1. The molecule has 1 amide bonds. The number of hydrogen-bond donors (Lipinski definition) is 2. The van der Waals surface area contributed by atoms with Crippen LogP contribution in [0.25, 0.3) is 0 Å². The van der Waals surface area contributed by atoms with Gasteiger partial charge in [-0.25, -0.2) is 0 Å². The van der Waals surface area contributed by atoms with Gasteiger partial charge in [0.1, 0.15) is 5.69 Å². The van der Waals surface area contributed by atoms with Crippen molar-refractivity contribution in [2.24, 2.45) is 0 Å². The largest absolute Gasteiger partial charge is 0.466 e. The van der Waals surface area contributed by atoms with E-state index in [9.17, 15) is 19.7 Å². The van der Waals surface area contributed by atoms with E-state index in [-0.39, 0.29) is 29.3 Å². The van der Waals surface area contributed by atoms with Crippen molar-refractivity contribution in [2.75, 3.05) is 11.9 Å². The fourth-order valence-electron chi connectivity index (χ4n) is 1.58. The summed E-state index contributed by atoms with van der Waals surface area (Å²) < 4.78 is 4.84. The molecule has 0 bridgehead atoms. The number of para-hydroxylation sites is 2.